The molecule has 4 nitrogen and oxygen atoms in total. The predicted octanol–water partition coefficient (Wildman–Crippen LogP) is 14.0. The SMILES string of the molecule is CC/C=C\C/C=C\CCCCCCCCC(CCCCCCCC/C=C\C/C=C\CC(C)CC(C)CO)OC(=O)CC(C)(C)CC(C)(C)CN(C)C. The van der Waals surface area contributed by atoms with Gasteiger partial charge in [0.2, 0.25) is 0 Å². The fourth-order valence-corrected chi connectivity index (χ4v) is 7.96. The highest BCUT2D eigenvalue weighted by Crippen LogP contribution is 2.37. The van der Waals surface area contributed by atoms with E-state index in [0.717, 1.165) is 70.8 Å². The Morgan fingerprint density at radius 2 is 1.13 bits per heavy atom. The molecule has 0 bridgehead atoms. The summed E-state index contributed by atoms with van der Waals surface area (Å²) >= 11 is 0. The van der Waals surface area contributed by atoms with Gasteiger partial charge in [-0.25, -0.2) is 0 Å². The summed E-state index contributed by atoms with van der Waals surface area (Å²) in [5.41, 5.74) is 0.0782. The van der Waals surface area contributed by atoms with Crippen molar-refractivity contribution < 1.29 is 14.6 Å². The number of rotatable bonds is 35. The van der Waals surface area contributed by atoms with Gasteiger partial charge in [-0.1, -0.05) is 148 Å². The smallest absolute Gasteiger partial charge is 0.306 e. The first kappa shape index (κ1) is 50.4. The summed E-state index contributed by atoms with van der Waals surface area (Å²) < 4.78 is 6.24. The summed E-state index contributed by atoms with van der Waals surface area (Å²) in [6.07, 6.45) is 44.8. The van der Waals surface area contributed by atoms with Crippen molar-refractivity contribution in [3.63, 3.8) is 0 Å². The van der Waals surface area contributed by atoms with Crippen LogP contribution in [0.4, 0.5) is 0 Å². The maximum Gasteiger partial charge on any atom is 0.306 e. The standard InChI is InChI=1S/C48H89NO3/c1-10-11-12-13-14-15-16-17-21-24-27-30-33-36-45(52-46(51)39-47(4,5)41-48(6,7)42-49(8)9)37-34-31-28-25-22-19-18-20-23-26-29-32-35-43(2)38-44(3)40-50/h11-12,14-15,20,23,29,32,43-45,50H,10,13,16-19,21-22,24-28,30-31,33-42H2,1-9H3/b12-11-,15-14-,23-20-,32-29-. The lowest BCUT2D eigenvalue weighted by atomic mass is 9.73. The number of esters is 1. The second kappa shape index (κ2) is 32.8. The van der Waals surface area contributed by atoms with E-state index >= 15 is 0 Å². The fourth-order valence-electron chi connectivity index (χ4n) is 7.96. The fraction of sp³-hybridized carbons (Fsp3) is 0.812. The molecule has 0 heterocycles. The molecule has 3 atom stereocenters. The zero-order valence-electron chi connectivity index (χ0n) is 36.2. The topological polar surface area (TPSA) is 49.8 Å². The Kier molecular flexibility index (Phi) is 31.7. The number of carbonyl (C=O) groups is 1. The number of hydrogen-bond acceptors (Lipinski definition) is 4. The Balaban J connectivity index is 4.51. The molecule has 0 aromatic heterocycles. The van der Waals surface area contributed by atoms with Gasteiger partial charge in [0.05, 0.1) is 6.42 Å². The van der Waals surface area contributed by atoms with Crippen molar-refractivity contribution in [3.8, 4) is 0 Å². The van der Waals surface area contributed by atoms with Gasteiger partial charge in [-0.05, 0) is 127 Å². The number of aliphatic hydroxyl groups is 1. The van der Waals surface area contributed by atoms with Crippen LogP contribution in [-0.4, -0.2) is 49.3 Å². The minimum Gasteiger partial charge on any atom is -0.462 e. The van der Waals surface area contributed by atoms with Crippen LogP contribution in [-0.2, 0) is 9.53 Å². The molecular weight excluding hydrogens is 639 g/mol. The van der Waals surface area contributed by atoms with Crippen LogP contribution < -0.4 is 0 Å². The largest absolute Gasteiger partial charge is 0.462 e. The van der Waals surface area contributed by atoms with Crippen LogP contribution in [0.3, 0.4) is 0 Å². The quantitative estimate of drug-likeness (QED) is 0.0401. The zero-order valence-corrected chi connectivity index (χ0v) is 36.2. The molecule has 0 saturated carbocycles. The van der Waals surface area contributed by atoms with Gasteiger partial charge in [-0.15, -0.1) is 0 Å². The average molecular weight is 728 g/mol. The highest BCUT2D eigenvalue weighted by molar-refractivity contribution is 5.70. The molecule has 0 aromatic rings. The Morgan fingerprint density at radius 3 is 1.63 bits per heavy atom. The Hall–Kier alpha value is -1.65. The molecule has 0 rings (SSSR count). The van der Waals surface area contributed by atoms with E-state index in [1.54, 1.807) is 0 Å². The summed E-state index contributed by atoms with van der Waals surface area (Å²) in [5.74, 6) is 1.04. The van der Waals surface area contributed by atoms with Crippen LogP contribution in [0.2, 0.25) is 0 Å². The molecule has 0 saturated heterocycles. The van der Waals surface area contributed by atoms with E-state index in [1.165, 1.54) is 77.0 Å². The monoisotopic (exact) mass is 728 g/mol. The van der Waals surface area contributed by atoms with E-state index in [1.807, 2.05) is 0 Å². The van der Waals surface area contributed by atoms with E-state index in [-0.39, 0.29) is 22.9 Å². The van der Waals surface area contributed by atoms with Crippen molar-refractivity contribution in [2.24, 2.45) is 22.7 Å². The molecule has 3 unspecified atom stereocenters. The zero-order chi connectivity index (χ0) is 38.9. The Labute approximate surface area is 325 Å². The van der Waals surface area contributed by atoms with Crippen LogP contribution in [0.25, 0.3) is 0 Å². The van der Waals surface area contributed by atoms with Crippen molar-refractivity contribution in [1.29, 1.82) is 0 Å². The molecule has 4 heteroatoms. The first-order valence-corrected chi connectivity index (χ1v) is 21.8. The number of nitrogens with zero attached hydrogens (tertiary/aromatic N) is 1. The molecule has 0 aliphatic carbocycles. The number of aliphatic hydroxyl groups excluding tert-OH is 1. The maximum absolute atomic E-state index is 13.3. The van der Waals surface area contributed by atoms with Crippen molar-refractivity contribution in [1.82, 2.24) is 4.90 Å². The summed E-state index contributed by atoms with van der Waals surface area (Å²) in [6.45, 7) is 17.0. The normalized spacial score (nSPS) is 14.8. The van der Waals surface area contributed by atoms with Crippen LogP contribution in [0, 0.1) is 22.7 Å². The molecule has 304 valence electrons. The number of allylic oxidation sites excluding steroid dienone is 8. The second-order valence-electron chi connectivity index (χ2n) is 18.1. The third kappa shape index (κ3) is 34.1. The van der Waals surface area contributed by atoms with E-state index in [2.05, 4.69) is 116 Å². The number of unbranched alkanes of at least 4 members (excludes halogenated alkanes) is 12. The molecule has 0 amide bonds. The molecule has 0 aliphatic rings. The maximum atomic E-state index is 13.3. The first-order chi connectivity index (χ1) is 24.8. The molecule has 0 spiro atoms. The number of ether oxygens (including phenoxy) is 1. The molecule has 0 fully saturated rings. The van der Waals surface area contributed by atoms with Crippen LogP contribution in [0.5, 0.6) is 0 Å². The summed E-state index contributed by atoms with van der Waals surface area (Å²) in [6, 6.07) is 0. The van der Waals surface area contributed by atoms with E-state index in [0.29, 0.717) is 24.9 Å². The molecule has 1 N–H and O–H groups in total. The molecule has 0 aliphatic heterocycles. The van der Waals surface area contributed by atoms with E-state index in [9.17, 15) is 9.90 Å². The molecular formula is C48H89NO3. The molecule has 52 heavy (non-hydrogen) atoms. The number of carbonyl (C=O) groups excluding carboxylic acids is 1. The van der Waals surface area contributed by atoms with Crippen molar-refractivity contribution >= 4 is 5.97 Å². The third-order valence-corrected chi connectivity index (χ3v) is 10.0. The highest BCUT2D eigenvalue weighted by Gasteiger charge is 2.32. The third-order valence-electron chi connectivity index (χ3n) is 10.0. The minimum absolute atomic E-state index is 0.000298. The Morgan fingerprint density at radius 1 is 0.654 bits per heavy atom. The lowest BCUT2D eigenvalue weighted by molar-refractivity contribution is -0.152. The second-order valence-corrected chi connectivity index (χ2v) is 18.1. The highest BCUT2D eigenvalue weighted by atomic mass is 16.5. The van der Waals surface area contributed by atoms with Crippen LogP contribution in [0.15, 0.2) is 48.6 Å². The summed E-state index contributed by atoms with van der Waals surface area (Å²) in [4.78, 5) is 15.5. The summed E-state index contributed by atoms with van der Waals surface area (Å²) in [7, 11) is 4.26. The lowest BCUT2D eigenvalue weighted by Gasteiger charge is -2.36. The number of hydrogen-bond donors (Lipinski definition) is 1. The van der Waals surface area contributed by atoms with Gasteiger partial charge in [0.15, 0.2) is 0 Å². The minimum atomic E-state index is -0.0765. The van der Waals surface area contributed by atoms with Crippen LogP contribution in [0.1, 0.15) is 196 Å². The first-order valence-electron chi connectivity index (χ1n) is 21.8. The van der Waals surface area contributed by atoms with Crippen LogP contribution >= 0.6 is 0 Å². The molecule has 0 radical (unpaired) electrons. The molecule has 0 aromatic carbocycles. The predicted molar refractivity (Wildman–Crippen MR) is 230 cm³/mol. The van der Waals surface area contributed by atoms with Gasteiger partial charge < -0.3 is 14.7 Å². The summed E-state index contributed by atoms with van der Waals surface area (Å²) in [5, 5.41) is 9.22. The van der Waals surface area contributed by atoms with E-state index < -0.39 is 0 Å². The van der Waals surface area contributed by atoms with Crippen molar-refractivity contribution in [2.75, 3.05) is 27.2 Å². The average Bonchev–Trinajstić information content (AvgIpc) is 3.05. The van der Waals surface area contributed by atoms with Gasteiger partial charge in [0.1, 0.15) is 6.10 Å². The van der Waals surface area contributed by atoms with Gasteiger partial charge in [0.25, 0.3) is 0 Å². The van der Waals surface area contributed by atoms with Gasteiger partial charge in [-0.2, -0.15) is 0 Å². The van der Waals surface area contributed by atoms with Gasteiger partial charge >= 0.3 is 5.97 Å². The lowest BCUT2D eigenvalue weighted by Crippen LogP contribution is -2.34. The Bertz CT molecular complexity index is 943. The van der Waals surface area contributed by atoms with Crippen molar-refractivity contribution in [2.45, 2.75) is 202 Å². The van der Waals surface area contributed by atoms with E-state index in [4.69, 9.17) is 4.74 Å². The van der Waals surface area contributed by atoms with Gasteiger partial charge in [-0.3, -0.25) is 4.79 Å². The van der Waals surface area contributed by atoms with Crippen molar-refractivity contribution in [3.05, 3.63) is 48.6 Å². The van der Waals surface area contributed by atoms with Gasteiger partial charge in [0, 0.05) is 13.2 Å².